The number of unbranched alkanes of at least 4 members (excludes halogenated alkanes) is 1. The van der Waals surface area contributed by atoms with Gasteiger partial charge in [0.05, 0.1) is 6.20 Å². The van der Waals surface area contributed by atoms with Crippen LogP contribution in [-0.4, -0.2) is 40.0 Å². The van der Waals surface area contributed by atoms with Gasteiger partial charge in [-0.3, -0.25) is 0 Å². The average Bonchev–Trinajstić information content (AvgIpc) is 2.51. The molecule has 7 nitrogen and oxygen atoms in total. The Bertz CT molecular complexity index is 519. The molecule has 0 aromatic carbocycles. The normalized spacial score (nSPS) is 12.3. The van der Waals surface area contributed by atoms with Crippen LogP contribution < -0.4 is 15.8 Å². The summed E-state index contributed by atoms with van der Waals surface area (Å²) in [6.45, 7) is 4.26. The number of aliphatic hydroxyl groups is 1. The lowest BCUT2D eigenvalue weighted by Crippen LogP contribution is -2.22. The Hall–Kier alpha value is -2.15. The molecule has 23 heavy (non-hydrogen) atoms. The van der Waals surface area contributed by atoms with Gasteiger partial charge < -0.3 is 26.3 Å². The van der Waals surface area contributed by atoms with Crippen LogP contribution in [-0.2, 0) is 0 Å². The lowest BCUT2D eigenvalue weighted by molar-refractivity contribution is 0.275. The first-order chi connectivity index (χ1) is 11.1. The number of allylic oxidation sites excluding steroid dienone is 1. The van der Waals surface area contributed by atoms with Crippen LogP contribution in [0.1, 0.15) is 39.5 Å². The number of nitrogens with one attached hydrogen (secondary N) is 2. The predicted molar refractivity (Wildman–Crippen MR) is 93.1 cm³/mol. The van der Waals surface area contributed by atoms with E-state index in [2.05, 4.69) is 22.2 Å². The van der Waals surface area contributed by atoms with Crippen molar-refractivity contribution < 1.29 is 9.84 Å². The van der Waals surface area contributed by atoms with E-state index in [1.807, 2.05) is 0 Å². The van der Waals surface area contributed by atoms with E-state index in [0.29, 0.717) is 30.3 Å². The number of nitrogens with two attached hydrogens (primary N) is 1. The SMILES string of the molecule is CCCCC(CCO)Nc1nc(N)ncc1OC/C=C/C(C)=N. The molecule has 0 bridgehead atoms. The van der Waals surface area contributed by atoms with Gasteiger partial charge in [0.15, 0.2) is 11.6 Å². The van der Waals surface area contributed by atoms with Gasteiger partial charge in [-0.2, -0.15) is 4.98 Å². The largest absolute Gasteiger partial charge is 0.484 e. The number of rotatable bonds is 11. The zero-order valence-electron chi connectivity index (χ0n) is 13.9. The van der Waals surface area contributed by atoms with Crippen molar-refractivity contribution in [3.8, 4) is 5.75 Å². The molecule has 1 atom stereocenters. The first-order valence-electron chi connectivity index (χ1n) is 7.91. The summed E-state index contributed by atoms with van der Waals surface area (Å²) in [5.74, 6) is 1.21. The third kappa shape index (κ3) is 7.60. The monoisotopic (exact) mass is 321 g/mol. The van der Waals surface area contributed by atoms with Gasteiger partial charge in [0.25, 0.3) is 0 Å². The molecule has 1 unspecified atom stereocenters. The van der Waals surface area contributed by atoms with Crippen LogP contribution >= 0.6 is 0 Å². The summed E-state index contributed by atoms with van der Waals surface area (Å²) >= 11 is 0. The van der Waals surface area contributed by atoms with Crippen molar-refractivity contribution in [2.75, 3.05) is 24.3 Å². The van der Waals surface area contributed by atoms with Gasteiger partial charge in [-0.05, 0) is 31.9 Å². The van der Waals surface area contributed by atoms with Crippen LogP contribution in [0.5, 0.6) is 5.75 Å². The number of nitrogen functional groups attached to an aromatic ring is 1. The van der Waals surface area contributed by atoms with Crippen molar-refractivity contribution in [2.24, 2.45) is 0 Å². The molecule has 0 saturated heterocycles. The molecule has 0 amide bonds. The summed E-state index contributed by atoms with van der Waals surface area (Å²) in [6.07, 6.45) is 8.68. The first-order valence-corrected chi connectivity index (χ1v) is 7.91. The van der Waals surface area contributed by atoms with Gasteiger partial charge in [-0.1, -0.05) is 19.8 Å². The van der Waals surface area contributed by atoms with Crippen molar-refractivity contribution in [2.45, 2.75) is 45.6 Å². The fourth-order valence-corrected chi connectivity index (χ4v) is 2.04. The molecule has 7 heteroatoms. The maximum atomic E-state index is 9.21. The lowest BCUT2D eigenvalue weighted by atomic mass is 10.1. The molecular weight excluding hydrogens is 294 g/mol. The Morgan fingerprint density at radius 1 is 1.52 bits per heavy atom. The fourth-order valence-electron chi connectivity index (χ4n) is 2.04. The van der Waals surface area contributed by atoms with E-state index in [9.17, 15) is 5.11 Å². The van der Waals surface area contributed by atoms with Crippen molar-refractivity contribution in [3.05, 3.63) is 18.3 Å². The zero-order valence-corrected chi connectivity index (χ0v) is 13.9. The highest BCUT2D eigenvalue weighted by Gasteiger charge is 2.13. The third-order valence-corrected chi connectivity index (χ3v) is 3.20. The maximum absolute atomic E-state index is 9.21. The summed E-state index contributed by atoms with van der Waals surface area (Å²) in [5, 5.41) is 19.8. The molecule has 1 heterocycles. The van der Waals surface area contributed by atoms with Gasteiger partial charge >= 0.3 is 0 Å². The molecule has 1 rings (SSSR count). The molecule has 128 valence electrons. The minimum Gasteiger partial charge on any atom is -0.484 e. The standard InChI is InChI=1S/C16H27N5O2/c1-3-4-7-13(8-9-22)20-15-14(11-19-16(18)21-15)23-10-5-6-12(2)17/h5-6,11,13,17,22H,3-4,7-10H2,1-2H3,(H3,18,19,20,21)/b6-5+,17-12?. The Morgan fingerprint density at radius 2 is 2.30 bits per heavy atom. The second-order valence-electron chi connectivity index (χ2n) is 5.33. The van der Waals surface area contributed by atoms with Crippen molar-refractivity contribution >= 4 is 17.5 Å². The molecule has 0 radical (unpaired) electrons. The number of ether oxygens (including phenoxy) is 1. The number of aromatic nitrogens is 2. The molecule has 0 aliphatic carbocycles. The molecule has 0 aliphatic rings. The second kappa shape index (κ2) is 10.6. The zero-order chi connectivity index (χ0) is 17.1. The summed E-state index contributed by atoms with van der Waals surface area (Å²) < 4.78 is 5.64. The van der Waals surface area contributed by atoms with Gasteiger partial charge in [-0.15, -0.1) is 0 Å². The fraction of sp³-hybridized carbons (Fsp3) is 0.562. The Kier molecular flexibility index (Phi) is 8.67. The van der Waals surface area contributed by atoms with Gasteiger partial charge in [-0.25, -0.2) is 4.98 Å². The van der Waals surface area contributed by atoms with Crippen LogP contribution in [0.2, 0.25) is 0 Å². The van der Waals surface area contributed by atoms with E-state index in [1.165, 1.54) is 6.20 Å². The number of nitrogens with zero attached hydrogens (tertiary/aromatic N) is 2. The van der Waals surface area contributed by atoms with Crippen molar-refractivity contribution in [3.63, 3.8) is 0 Å². The molecule has 0 saturated carbocycles. The van der Waals surface area contributed by atoms with Gasteiger partial charge in [0.2, 0.25) is 5.95 Å². The summed E-state index contributed by atoms with van der Waals surface area (Å²) in [5.41, 5.74) is 6.12. The van der Waals surface area contributed by atoms with E-state index < -0.39 is 0 Å². The van der Waals surface area contributed by atoms with E-state index >= 15 is 0 Å². The second-order valence-corrected chi connectivity index (χ2v) is 5.33. The molecular formula is C16H27N5O2. The van der Waals surface area contributed by atoms with E-state index in [1.54, 1.807) is 19.1 Å². The Morgan fingerprint density at radius 3 is 2.96 bits per heavy atom. The Labute approximate surface area is 137 Å². The topological polar surface area (TPSA) is 117 Å². The van der Waals surface area contributed by atoms with Crippen molar-refractivity contribution in [1.29, 1.82) is 5.41 Å². The van der Waals surface area contributed by atoms with Gasteiger partial charge in [0.1, 0.15) is 6.61 Å². The maximum Gasteiger partial charge on any atom is 0.222 e. The number of hydrogen-bond acceptors (Lipinski definition) is 7. The lowest BCUT2D eigenvalue weighted by Gasteiger charge is -2.20. The highest BCUT2D eigenvalue weighted by atomic mass is 16.5. The highest BCUT2D eigenvalue weighted by Crippen LogP contribution is 2.24. The van der Waals surface area contributed by atoms with Crippen LogP contribution in [0.25, 0.3) is 0 Å². The minimum atomic E-state index is 0.107. The number of anilines is 2. The Balaban J connectivity index is 2.77. The van der Waals surface area contributed by atoms with Crippen LogP contribution in [0.3, 0.4) is 0 Å². The first kappa shape index (κ1) is 18.9. The van der Waals surface area contributed by atoms with Crippen LogP contribution in [0.4, 0.5) is 11.8 Å². The van der Waals surface area contributed by atoms with Crippen LogP contribution in [0, 0.1) is 5.41 Å². The number of aliphatic hydroxyl groups excluding tert-OH is 1. The third-order valence-electron chi connectivity index (χ3n) is 3.20. The average molecular weight is 321 g/mol. The van der Waals surface area contributed by atoms with Crippen molar-refractivity contribution in [1.82, 2.24) is 9.97 Å². The summed E-state index contributed by atoms with van der Waals surface area (Å²) in [7, 11) is 0. The van der Waals surface area contributed by atoms with E-state index in [4.69, 9.17) is 15.9 Å². The van der Waals surface area contributed by atoms with E-state index in [-0.39, 0.29) is 18.6 Å². The number of hydrogen-bond donors (Lipinski definition) is 4. The van der Waals surface area contributed by atoms with Gasteiger partial charge in [0, 0.05) is 18.4 Å². The molecule has 0 fully saturated rings. The molecule has 5 N–H and O–H groups in total. The molecule has 1 aromatic heterocycles. The van der Waals surface area contributed by atoms with Crippen LogP contribution in [0.15, 0.2) is 18.3 Å². The highest BCUT2D eigenvalue weighted by molar-refractivity contribution is 5.89. The smallest absolute Gasteiger partial charge is 0.222 e. The van der Waals surface area contributed by atoms with E-state index in [0.717, 1.165) is 19.3 Å². The summed E-state index contributed by atoms with van der Waals surface area (Å²) in [4.78, 5) is 8.15. The quantitative estimate of drug-likeness (QED) is 0.465. The minimum absolute atomic E-state index is 0.107. The molecule has 0 aliphatic heterocycles. The molecule has 1 aromatic rings. The summed E-state index contributed by atoms with van der Waals surface area (Å²) in [6, 6.07) is 0.107. The predicted octanol–water partition coefficient (Wildman–Crippen LogP) is 2.39. The molecule has 0 spiro atoms.